The average Bonchev–Trinajstić information content (AvgIpc) is 2.71. The molecule has 1 aliphatic rings. The molecule has 0 amide bonds. The van der Waals surface area contributed by atoms with E-state index in [1.165, 1.54) is 19.3 Å². The van der Waals surface area contributed by atoms with Crippen LogP contribution in [0.15, 0.2) is 24.3 Å². The smallest absolute Gasteiger partial charge is 0.339 e. The molecular formula is C16H22O2. The monoisotopic (exact) mass is 246 g/mol. The van der Waals surface area contributed by atoms with E-state index >= 15 is 0 Å². The molecule has 2 rings (SSSR count). The minimum atomic E-state index is -0.156. The molecule has 0 radical (unpaired) electrons. The molecule has 18 heavy (non-hydrogen) atoms. The first kappa shape index (κ1) is 13.1. The summed E-state index contributed by atoms with van der Waals surface area (Å²) in [4.78, 5) is 11.7. The molecule has 0 fully saturated rings. The lowest BCUT2D eigenvalue weighted by molar-refractivity contribution is 0.0355. The standard InChI is InChI=1S/C16H22O2/c1-3-4-7-12(2)10-11-15-13-8-5-6-9-14(13)16(17)18-15/h5-6,8-9,12,15H,3-4,7,10-11H2,1-2H3. The number of ether oxygens (including phenoxy) is 1. The van der Waals surface area contributed by atoms with E-state index in [0.29, 0.717) is 0 Å². The number of carbonyl (C=O) groups excluding carboxylic acids is 1. The molecule has 0 saturated heterocycles. The molecule has 0 saturated carbocycles. The second-order valence-corrected chi connectivity index (χ2v) is 5.31. The zero-order chi connectivity index (χ0) is 13.0. The van der Waals surface area contributed by atoms with Gasteiger partial charge in [-0.05, 0) is 24.8 Å². The van der Waals surface area contributed by atoms with Gasteiger partial charge in [-0.1, -0.05) is 51.3 Å². The van der Waals surface area contributed by atoms with E-state index in [2.05, 4.69) is 13.8 Å². The maximum absolute atomic E-state index is 11.7. The lowest BCUT2D eigenvalue weighted by Gasteiger charge is -2.14. The Kier molecular flexibility index (Phi) is 4.40. The van der Waals surface area contributed by atoms with E-state index in [-0.39, 0.29) is 12.1 Å². The predicted molar refractivity (Wildman–Crippen MR) is 72.5 cm³/mol. The molecule has 0 aliphatic carbocycles. The number of hydrogen-bond donors (Lipinski definition) is 0. The van der Waals surface area contributed by atoms with Crippen LogP contribution in [0.3, 0.4) is 0 Å². The Morgan fingerprint density at radius 2 is 2.06 bits per heavy atom. The number of esters is 1. The summed E-state index contributed by atoms with van der Waals surface area (Å²) in [6, 6.07) is 7.75. The van der Waals surface area contributed by atoms with Gasteiger partial charge in [-0.15, -0.1) is 0 Å². The maximum atomic E-state index is 11.7. The fourth-order valence-electron chi connectivity index (χ4n) is 2.57. The summed E-state index contributed by atoms with van der Waals surface area (Å²) in [5.74, 6) is 0.563. The van der Waals surface area contributed by atoms with Crippen LogP contribution in [-0.4, -0.2) is 5.97 Å². The van der Waals surface area contributed by atoms with Crippen LogP contribution in [0.4, 0.5) is 0 Å². The highest BCUT2D eigenvalue weighted by molar-refractivity contribution is 5.93. The first-order valence-electron chi connectivity index (χ1n) is 7.02. The normalized spacial score (nSPS) is 19.4. The minimum absolute atomic E-state index is 0.0159. The van der Waals surface area contributed by atoms with Crippen molar-refractivity contribution in [1.29, 1.82) is 0 Å². The fraction of sp³-hybridized carbons (Fsp3) is 0.562. The van der Waals surface area contributed by atoms with E-state index in [1.54, 1.807) is 0 Å². The first-order chi connectivity index (χ1) is 8.72. The Balaban J connectivity index is 1.90. The van der Waals surface area contributed by atoms with Crippen molar-refractivity contribution in [2.75, 3.05) is 0 Å². The van der Waals surface area contributed by atoms with Crippen molar-refractivity contribution in [2.45, 2.75) is 52.1 Å². The van der Waals surface area contributed by atoms with E-state index in [0.717, 1.165) is 29.9 Å². The van der Waals surface area contributed by atoms with Gasteiger partial charge in [0.05, 0.1) is 5.56 Å². The predicted octanol–water partition coefficient (Wildman–Crippen LogP) is 4.50. The van der Waals surface area contributed by atoms with Crippen molar-refractivity contribution >= 4 is 5.97 Å². The number of unbranched alkanes of at least 4 members (excludes halogenated alkanes) is 1. The molecule has 98 valence electrons. The number of fused-ring (bicyclic) bond motifs is 1. The highest BCUT2D eigenvalue weighted by atomic mass is 16.5. The topological polar surface area (TPSA) is 26.3 Å². The fourth-order valence-corrected chi connectivity index (χ4v) is 2.57. The quantitative estimate of drug-likeness (QED) is 0.690. The summed E-state index contributed by atoms with van der Waals surface area (Å²) in [5, 5.41) is 0. The summed E-state index contributed by atoms with van der Waals surface area (Å²) < 4.78 is 5.45. The van der Waals surface area contributed by atoms with E-state index < -0.39 is 0 Å². The average molecular weight is 246 g/mol. The second kappa shape index (κ2) is 6.03. The van der Waals surface area contributed by atoms with Crippen LogP contribution in [-0.2, 0) is 4.74 Å². The maximum Gasteiger partial charge on any atom is 0.339 e. The molecule has 2 unspecified atom stereocenters. The van der Waals surface area contributed by atoms with Crippen molar-refractivity contribution < 1.29 is 9.53 Å². The van der Waals surface area contributed by atoms with Gasteiger partial charge in [0.25, 0.3) is 0 Å². The molecule has 1 aliphatic heterocycles. The highest BCUT2D eigenvalue weighted by Gasteiger charge is 2.30. The van der Waals surface area contributed by atoms with Gasteiger partial charge in [0.2, 0.25) is 0 Å². The van der Waals surface area contributed by atoms with Crippen LogP contribution in [0.2, 0.25) is 0 Å². The Morgan fingerprint density at radius 1 is 1.28 bits per heavy atom. The number of cyclic esters (lactones) is 1. The highest BCUT2D eigenvalue weighted by Crippen LogP contribution is 2.34. The number of benzene rings is 1. The van der Waals surface area contributed by atoms with Crippen LogP contribution in [0.5, 0.6) is 0 Å². The molecule has 1 heterocycles. The molecule has 2 nitrogen and oxygen atoms in total. The zero-order valence-corrected chi connectivity index (χ0v) is 11.3. The number of rotatable bonds is 6. The summed E-state index contributed by atoms with van der Waals surface area (Å²) in [7, 11) is 0. The molecule has 0 spiro atoms. The van der Waals surface area contributed by atoms with Crippen LogP contribution in [0.1, 0.15) is 68.0 Å². The van der Waals surface area contributed by atoms with Crippen molar-refractivity contribution in [3.05, 3.63) is 35.4 Å². The number of hydrogen-bond acceptors (Lipinski definition) is 2. The zero-order valence-electron chi connectivity index (χ0n) is 11.3. The Labute approximate surface area is 109 Å². The second-order valence-electron chi connectivity index (χ2n) is 5.31. The third-order valence-electron chi connectivity index (χ3n) is 3.75. The van der Waals surface area contributed by atoms with Crippen molar-refractivity contribution in [1.82, 2.24) is 0 Å². The SMILES string of the molecule is CCCCC(C)CCC1OC(=O)c2ccccc21. The molecule has 0 bridgehead atoms. The van der Waals surface area contributed by atoms with Gasteiger partial charge >= 0.3 is 5.97 Å². The molecule has 0 N–H and O–H groups in total. The summed E-state index contributed by atoms with van der Waals surface area (Å²) >= 11 is 0. The van der Waals surface area contributed by atoms with Crippen LogP contribution in [0, 0.1) is 5.92 Å². The molecule has 1 aromatic rings. The number of carbonyl (C=O) groups is 1. The Hall–Kier alpha value is -1.31. The Bertz CT molecular complexity index is 411. The van der Waals surface area contributed by atoms with Crippen LogP contribution >= 0.6 is 0 Å². The van der Waals surface area contributed by atoms with Crippen LogP contribution < -0.4 is 0 Å². The van der Waals surface area contributed by atoms with Gasteiger partial charge in [-0.2, -0.15) is 0 Å². The molecule has 2 atom stereocenters. The van der Waals surface area contributed by atoms with E-state index in [1.807, 2.05) is 24.3 Å². The lowest BCUT2D eigenvalue weighted by Crippen LogP contribution is -2.02. The van der Waals surface area contributed by atoms with Crippen LogP contribution in [0.25, 0.3) is 0 Å². The van der Waals surface area contributed by atoms with Gasteiger partial charge in [0, 0.05) is 5.56 Å². The van der Waals surface area contributed by atoms with Gasteiger partial charge < -0.3 is 4.74 Å². The minimum Gasteiger partial charge on any atom is -0.454 e. The van der Waals surface area contributed by atoms with Gasteiger partial charge in [-0.25, -0.2) is 4.79 Å². The molecule has 2 heteroatoms. The van der Waals surface area contributed by atoms with Gasteiger partial charge in [0.15, 0.2) is 0 Å². The third-order valence-corrected chi connectivity index (χ3v) is 3.75. The van der Waals surface area contributed by atoms with E-state index in [4.69, 9.17) is 4.74 Å². The lowest BCUT2D eigenvalue weighted by atomic mass is 9.94. The summed E-state index contributed by atoms with van der Waals surface area (Å²) in [6.07, 6.45) is 5.89. The third kappa shape index (κ3) is 2.92. The molecular weight excluding hydrogens is 224 g/mol. The first-order valence-corrected chi connectivity index (χ1v) is 7.02. The van der Waals surface area contributed by atoms with Crippen molar-refractivity contribution in [3.8, 4) is 0 Å². The summed E-state index contributed by atoms with van der Waals surface area (Å²) in [5.41, 5.74) is 1.83. The van der Waals surface area contributed by atoms with Gasteiger partial charge in [0.1, 0.15) is 6.10 Å². The van der Waals surface area contributed by atoms with Crippen molar-refractivity contribution in [2.24, 2.45) is 5.92 Å². The largest absolute Gasteiger partial charge is 0.454 e. The van der Waals surface area contributed by atoms with E-state index in [9.17, 15) is 4.79 Å². The molecule has 0 aromatic heterocycles. The summed E-state index contributed by atoms with van der Waals surface area (Å²) in [6.45, 7) is 4.51. The molecule has 1 aromatic carbocycles. The Morgan fingerprint density at radius 3 is 2.83 bits per heavy atom. The van der Waals surface area contributed by atoms with Gasteiger partial charge in [-0.3, -0.25) is 0 Å². The van der Waals surface area contributed by atoms with Crippen molar-refractivity contribution in [3.63, 3.8) is 0 Å².